The van der Waals surface area contributed by atoms with Gasteiger partial charge in [0, 0.05) is 33.9 Å². The van der Waals surface area contributed by atoms with Crippen LogP contribution in [0.5, 0.6) is 0 Å². The van der Waals surface area contributed by atoms with Gasteiger partial charge in [-0.1, -0.05) is 100 Å². The van der Waals surface area contributed by atoms with Crippen LogP contribution in [-0.4, -0.2) is 29.9 Å². The lowest BCUT2D eigenvalue weighted by Crippen LogP contribution is -2.36. The number of hydrogen-bond donors (Lipinski definition) is 0. The van der Waals surface area contributed by atoms with Crippen LogP contribution in [0.15, 0.2) is 85.2 Å². The maximum atomic E-state index is 16.1. The van der Waals surface area contributed by atoms with Gasteiger partial charge in [-0.25, -0.2) is 19.9 Å². The van der Waals surface area contributed by atoms with E-state index in [0.717, 1.165) is 32.6 Å². The van der Waals surface area contributed by atoms with E-state index in [-0.39, 0.29) is 11.8 Å². The summed E-state index contributed by atoms with van der Waals surface area (Å²) < 4.78 is 31.9. The third-order valence-corrected chi connectivity index (χ3v) is 15.7. The third-order valence-electron chi connectivity index (χ3n) is 9.49. The summed E-state index contributed by atoms with van der Waals surface area (Å²) in [6.07, 6.45) is 3.33. The molecule has 1 atom stereocenters. The van der Waals surface area contributed by atoms with Crippen LogP contribution in [-0.2, 0) is 9.13 Å². The number of hydrogen-bond acceptors (Lipinski definition) is 8. The van der Waals surface area contributed by atoms with E-state index in [0.29, 0.717) is 56.2 Å². The predicted octanol–water partition coefficient (Wildman–Crippen LogP) is 7.10. The standard InChI is InChI=1S/C42H46N6O2P2/c1-25(2)34-19-14-15-21-36(34)51(49,33-17-12-11-13-18-33)37-22-16-20-35(38(37)26(3)4)39-29(7)48-42(32(10)47-39)52(50,40-30(8)43-23-27(5)45-40)41-31(9)44-24-28(6)46-41/h11-26H,1-10H3. The minimum absolute atomic E-state index is 0.0165. The molecule has 0 saturated carbocycles. The highest BCUT2D eigenvalue weighted by molar-refractivity contribution is 7.85. The van der Waals surface area contributed by atoms with Crippen molar-refractivity contribution in [1.82, 2.24) is 29.9 Å². The van der Waals surface area contributed by atoms with E-state index in [1.165, 1.54) is 0 Å². The molecule has 1 unspecified atom stereocenters. The number of benzene rings is 3. The van der Waals surface area contributed by atoms with Gasteiger partial charge in [-0.15, -0.1) is 0 Å². The Morgan fingerprint density at radius 3 is 1.62 bits per heavy atom. The maximum absolute atomic E-state index is 16.1. The van der Waals surface area contributed by atoms with E-state index < -0.39 is 14.3 Å². The largest absolute Gasteiger partial charge is 0.309 e. The first-order chi connectivity index (χ1) is 24.7. The van der Waals surface area contributed by atoms with E-state index in [2.05, 4.69) is 43.7 Å². The molecule has 3 heterocycles. The van der Waals surface area contributed by atoms with E-state index >= 15 is 9.13 Å². The van der Waals surface area contributed by atoms with Gasteiger partial charge in [0.25, 0.3) is 0 Å². The summed E-state index contributed by atoms with van der Waals surface area (Å²) >= 11 is 0. The molecule has 0 radical (unpaired) electrons. The molecule has 3 aromatic carbocycles. The van der Waals surface area contributed by atoms with Gasteiger partial charge >= 0.3 is 0 Å². The van der Waals surface area contributed by atoms with E-state index in [1.54, 1.807) is 26.2 Å². The summed E-state index contributed by atoms with van der Waals surface area (Å²) in [6.45, 7) is 19.5. The molecular weight excluding hydrogens is 682 g/mol. The van der Waals surface area contributed by atoms with Gasteiger partial charge in [0.1, 0.15) is 16.3 Å². The molecule has 6 aromatic rings. The Labute approximate surface area is 307 Å². The lowest BCUT2D eigenvalue weighted by atomic mass is 9.94. The summed E-state index contributed by atoms with van der Waals surface area (Å²) in [5, 5.41) is 2.40. The second kappa shape index (κ2) is 14.4. The van der Waals surface area contributed by atoms with Crippen LogP contribution in [0.2, 0.25) is 0 Å². The molecule has 0 fully saturated rings. The Balaban J connectivity index is 1.65. The molecular formula is C42H46N6O2P2. The van der Waals surface area contributed by atoms with Crippen molar-refractivity contribution in [2.45, 2.75) is 81.1 Å². The Morgan fingerprint density at radius 2 is 1.04 bits per heavy atom. The fraction of sp³-hybridized carbons (Fsp3) is 0.286. The zero-order chi connectivity index (χ0) is 37.5. The monoisotopic (exact) mass is 728 g/mol. The van der Waals surface area contributed by atoms with E-state index in [9.17, 15) is 0 Å². The third kappa shape index (κ3) is 6.37. The van der Waals surface area contributed by atoms with Crippen molar-refractivity contribution in [3.8, 4) is 11.3 Å². The first-order valence-corrected chi connectivity index (χ1v) is 21.1. The fourth-order valence-electron chi connectivity index (χ4n) is 7.04. The normalized spacial score (nSPS) is 13.1. The molecule has 6 rings (SSSR count). The molecule has 0 aliphatic carbocycles. The highest BCUT2D eigenvalue weighted by atomic mass is 31.2. The first kappa shape index (κ1) is 37.1. The highest BCUT2D eigenvalue weighted by Gasteiger charge is 2.41. The van der Waals surface area contributed by atoms with Crippen molar-refractivity contribution in [1.29, 1.82) is 0 Å². The zero-order valence-corrected chi connectivity index (χ0v) is 33.4. The van der Waals surface area contributed by atoms with Gasteiger partial charge in [-0.2, -0.15) is 0 Å². The maximum Gasteiger partial charge on any atom is 0.228 e. The smallest absolute Gasteiger partial charge is 0.228 e. The fourth-order valence-corrected chi connectivity index (χ4v) is 13.5. The Morgan fingerprint density at radius 1 is 0.500 bits per heavy atom. The lowest BCUT2D eigenvalue weighted by Gasteiger charge is -2.28. The average molecular weight is 729 g/mol. The summed E-state index contributed by atoms with van der Waals surface area (Å²) in [4.78, 5) is 29.0. The van der Waals surface area contributed by atoms with Crippen molar-refractivity contribution in [3.63, 3.8) is 0 Å². The van der Waals surface area contributed by atoms with Gasteiger partial charge in [0.15, 0.2) is 7.14 Å². The predicted molar refractivity (Wildman–Crippen MR) is 214 cm³/mol. The molecule has 0 aliphatic heterocycles. The van der Waals surface area contributed by atoms with Crippen LogP contribution < -0.4 is 32.2 Å². The molecule has 0 saturated heterocycles. The van der Waals surface area contributed by atoms with E-state index in [1.807, 2.05) is 94.4 Å². The van der Waals surface area contributed by atoms with Crippen molar-refractivity contribution in [2.75, 3.05) is 0 Å². The molecule has 3 aromatic heterocycles. The molecule has 0 bridgehead atoms. The number of rotatable bonds is 9. The zero-order valence-electron chi connectivity index (χ0n) is 31.6. The molecule has 0 aliphatic rings. The second-order valence-corrected chi connectivity index (χ2v) is 19.3. The summed E-state index contributed by atoms with van der Waals surface area (Å²) in [5.74, 6) is 0.151. The van der Waals surface area contributed by atoms with Gasteiger partial charge in [-0.05, 0) is 64.5 Å². The molecule has 52 heavy (non-hydrogen) atoms. The van der Waals surface area contributed by atoms with Gasteiger partial charge in [0.05, 0.1) is 39.9 Å². The molecule has 10 heteroatoms. The minimum Gasteiger partial charge on any atom is -0.309 e. The van der Waals surface area contributed by atoms with Crippen LogP contribution in [0.1, 0.15) is 84.8 Å². The van der Waals surface area contributed by atoms with Crippen molar-refractivity contribution in [2.24, 2.45) is 0 Å². The van der Waals surface area contributed by atoms with Crippen molar-refractivity contribution >= 4 is 46.5 Å². The quantitative estimate of drug-likeness (QED) is 0.145. The Bertz CT molecular complexity index is 2350. The van der Waals surface area contributed by atoms with Gasteiger partial charge in [0.2, 0.25) is 7.14 Å². The highest BCUT2D eigenvalue weighted by Crippen LogP contribution is 2.48. The summed E-state index contributed by atoms with van der Waals surface area (Å²) in [5.41, 5.74) is 7.90. The molecule has 266 valence electrons. The lowest BCUT2D eigenvalue weighted by molar-refractivity contribution is 0.589. The van der Waals surface area contributed by atoms with Crippen molar-refractivity contribution < 1.29 is 9.13 Å². The van der Waals surface area contributed by atoms with Crippen LogP contribution in [0, 0.1) is 41.5 Å². The van der Waals surface area contributed by atoms with E-state index in [4.69, 9.17) is 19.9 Å². The van der Waals surface area contributed by atoms with Crippen LogP contribution in [0.3, 0.4) is 0 Å². The number of aromatic nitrogens is 6. The number of aryl methyl sites for hydroxylation is 6. The number of nitrogens with zero attached hydrogens (tertiary/aromatic N) is 6. The molecule has 8 nitrogen and oxygen atoms in total. The Hall–Kier alpha value is -4.64. The second-order valence-electron chi connectivity index (χ2n) is 14.1. The minimum atomic E-state index is -3.81. The first-order valence-electron chi connectivity index (χ1n) is 17.7. The SMILES string of the molecule is Cc1cnc(C)c(P(=O)(c2nc(C)cnc2C)c2nc(C)c(-c3cccc(P(=O)(c4ccccc4)c4ccccc4C(C)C)c3C(C)C)nc2C)n1. The topological polar surface area (TPSA) is 111 Å². The molecule has 0 spiro atoms. The van der Waals surface area contributed by atoms with Crippen molar-refractivity contribution in [3.05, 3.63) is 130 Å². The van der Waals surface area contributed by atoms with Gasteiger partial charge < -0.3 is 9.13 Å². The average Bonchev–Trinajstić information content (AvgIpc) is 3.13. The summed E-state index contributed by atoms with van der Waals surface area (Å²) in [6, 6.07) is 23.9. The van der Waals surface area contributed by atoms with Crippen LogP contribution in [0.4, 0.5) is 0 Å². The van der Waals surface area contributed by atoms with Crippen LogP contribution in [0.25, 0.3) is 11.3 Å². The van der Waals surface area contributed by atoms with Crippen LogP contribution >= 0.6 is 14.3 Å². The Kier molecular flexibility index (Phi) is 10.3. The summed E-state index contributed by atoms with van der Waals surface area (Å²) in [7, 11) is -7.20. The molecule has 0 N–H and O–H groups in total. The van der Waals surface area contributed by atoms with Gasteiger partial charge in [-0.3, -0.25) is 9.97 Å². The molecule has 0 amide bonds.